The molecule has 2 heterocycles. The zero-order chi connectivity index (χ0) is 15.8. The number of likely N-dealkylation sites (tertiary alicyclic amines) is 2. The quantitative estimate of drug-likeness (QED) is 0.444. The number of piperidine rings is 2. The van der Waals surface area contributed by atoms with Crippen LogP contribution < -0.4 is 0 Å². The summed E-state index contributed by atoms with van der Waals surface area (Å²) in [7, 11) is 0. The number of oxime groups is 1. The molecule has 124 valence electrons. The van der Waals surface area contributed by atoms with Crippen LogP contribution in [0.25, 0.3) is 0 Å². The Kier molecular flexibility index (Phi) is 6.71. The van der Waals surface area contributed by atoms with Crippen LogP contribution in [0.1, 0.15) is 32.6 Å². The van der Waals surface area contributed by atoms with Crippen molar-refractivity contribution >= 4 is 11.8 Å². The fourth-order valence-electron chi connectivity index (χ4n) is 3.05. The maximum atomic E-state index is 11.7. The molecule has 1 amide bonds. The molecular formula is C16H27N3O3. The Morgan fingerprint density at radius 1 is 1.32 bits per heavy atom. The summed E-state index contributed by atoms with van der Waals surface area (Å²) in [6.07, 6.45) is 5.52. The highest BCUT2D eigenvalue weighted by molar-refractivity contribution is 5.84. The van der Waals surface area contributed by atoms with Crippen LogP contribution in [-0.4, -0.2) is 67.0 Å². The van der Waals surface area contributed by atoms with Crippen molar-refractivity contribution in [2.75, 3.05) is 39.4 Å². The van der Waals surface area contributed by atoms with Gasteiger partial charge in [-0.25, -0.2) is 4.79 Å². The Bertz CT molecular complexity index is 393. The van der Waals surface area contributed by atoms with E-state index in [1.54, 1.807) is 6.08 Å². The van der Waals surface area contributed by atoms with E-state index in [4.69, 9.17) is 9.57 Å². The summed E-state index contributed by atoms with van der Waals surface area (Å²) in [5, 5.41) is 4.16. The fourth-order valence-corrected chi connectivity index (χ4v) is 3.05. The van der Waals surface area contributed by atoms with Gasteiger partial charge in [0, 0.05) is 45.1 Å². The van der Waals surface area contributed by atoms with Crippen LogP contribution in [0.3, 0.4) is 0 Å². The molecule has 0 radical (unpaired) electrons. The lowest BCUT2D eigenvalue weighted by Gasteiger charge is -2.39. The van der Waals surface area contributed by atoms with Gasteiger partial charge < -0.3 is 14.5 Å². The lowest BCUT2D eigenvalue weighted by molar-refractivity contribution is 0.0739. The Balaban J connectivity index is 1.71. The summed E-state index contributed by atoms with van der Waals surface area (Å²) in [6.45, 7) is 10.0. The summed E-state index contributed by atoms with van der Waals surface area (Å²) in [5.41, 5.74) is 1.14. The highest BCUT2D eigenvalue weighted by atomic mass is 16.6. The van der Waals surface area contributed by atoms with Gasteiger partial charge in [-0.1, -0.05) is 17.8 Å². The van der Waals surface area contributed by atoms with Crippen LogP contribution >= 0.6 is 0 Å². The minimum absolute atomic E-state index is 0.173. The standard InChI is InChI=1S/C16H27N3O3/c1-3-13-22-17-14-5-9-18(10-6-14)15-7-11-19(12-8-15)16(20)21-4-2/h3,15H,1,4-13H2,2H3. The summed E-state index contributed by atoms with van der Waals surface area (Å²) in [6, 6.07) is 0.571. The van der Waals surface area contributed by atoms with Crippen LogP contribution in [0.4, 0.5) is 4.79 Å². The molecule has 2 fully saturated rings. The number of amides is 1. The van der Waals surface area contributed by atoms with Crippen LogP contribution in [0.2, 0.25) is 0 Å². The average molecular weight is 309 g/mol. The van der Waals surface area contributed by atoms with Crippen LogP contribution in [-0.2, 0) is 9.57 Å². The van der Waals surface area contributed by atoms with Crippen molar-refractivity contribution in [1.82, 2.24) is 9.80 Å². The van der Waals surface area contributed by atoms with E-state index in [9.17, 15) is 4.79 Å². The van der Waals surface area contributed by atoms with Gasteiger partial charge in [-0.2, -0.15) is 0 Å². The molecule has 0 aromatic carbocycles. The monoisotopic (exact) mass is 309 g/mol. The number of hydrogen-bond donors (Lipinski definition) is 0. The summed E-state index contributed by atoms with van der Waals surface area (Å²) in [5.74, 6) is 0. The molecule has 6 nitrogen and oxygen atoms in total. The van der Waals surface area contributed by atoms with Crippen molar-refractivity contribution in [3.63, 3.8) is 0 Å². The van der Waals surface area contributed by atoms with E-state index < -0.39 is 0 Å². The van der Waals surface area contributed by atoms with Gasteiger partial charge in [-0.05, 0) is 19.8 Å². The Morgan fingerprint density at radius 3 is 2.59 bits per heavy atom. The average Bonchev–Trinajstić information content (AvgIpc) is 2.56. The smallest absolute Gasteiger partial charge is 0.409 e. The highest BCUT2D eigenvalue weighted by Crippen LogP contribution is 2.20. The Morgan fingerprint density at radius 2 is 2.00 bits per heavy atom. The second-order valence-corrected chi connectivity index (χ2v) is 5.70. The number of rotatable bonds is 5. The number of carbonyl (C=O) groups excluding carboxylic acids is 1. The van der Waals surface area contributed by atoms with Crippen LogP contribution in [0.5, 0.6) is 0 Å². The van der Waals surface area contributed by atoms with Crippen molar-refractivity contribution in [3.8, 4) is 0 Å². The van der Waals surface area contributed by atoms with E-state index in [1.165, 1.54) is 0 Å². The van der Waals surface area contributed by atoms with Gasteiger partial charge >= 0.3 is 6.09 Å². The van der Waals surface area contributed by atoms with Gasteiger partial charge in [0.1, 0.15) is 6.61 Å². The van der Waals surface area contributed by atoms with Crippen molar-refractivity contribution in [3.05, 3.63) is 12.7 Å². The second kappa shape index (κ2) is 8.78. The number of carbonyl (C=O) groups is 1. The van der Waals surface area contributed by atoms with Gasteiger partial charge in [0.05, 0.1) is 12.3 Å². The number of nitrogens with zero attached hydrogens (tertiary/aromatic N) is 3. The maximum Gasteiger partial charge on any atom is 0.409 e. The van der Waals surface area contributed by atoms with Crippen molar-refractivity contribution in [1.29, 1.82) is 0 Å². The first-order chi connectivity index (χ1) is 10.7. The molecule has 0 N–H and O–H groups in total. The molecule has 2 aliphatic rings. The van der Waals surface area contributed by atoms with Crippen molar-refractivity contribution in [2.45, 2.75) is 38.6 Å². The molecule has 0 aliphatic carbocycles. The van der Waals surface area contributed by atoms with Crippen molar-refractivity contribution < 1.29 is 14.4 Å². The van der Waals surface area contributed by atoms with Gasteiger partial charge in [0.15, 0.2) is 0 Å². The Labute approximate surface area is 132 Å². The maximum absolute atomic E-state index is 11.7. The molecule has 0 bridgehead atoms. The topological polar surface area (TPSA) is 54.4 Å². The van der Waals surface area contributed by atoms with Gasteiger partial charge in [-0.15, -0.1) is 0 Å². The molecule has 22 heavy (non-hydrogen) atoms. The molecule has 2 saturated heterocycles. The molecule has 0 aromatic heterocycles. The molecule has 0 aromatic rings. The van der Waals surface area contributed by atoms with E-state index in [-0.39, 0.29) is 6.09 Å². The molecule has 0 spiro atoms. The SMILES string of the molecule is C=CCON=C1CCN(C2CCN(C(=O)OCC)CC2)CC1. The van der Waals surface area contributed by atoms with E-state index in [2.05, 4.69) is 16.6 Å². The van der Waals surface area contributed by atoms with Crippen LogP contribution in [0, 0.1) is 0 Å². The van der Waals surface area contributed by atoms with Gasteiger partial charge in [0.25, 0.3) is 0 Å². The zero-order valence-corrected chi connectivity index (χ0v) is 13.5. The second-order valence-electron chi connectivity index (χ2n) is 5.70. The largest absolute Gasteiger partial charge is 0.450 e. The molecular weight excluding hydrogens is 282 g/mol. The first-order valence-electron chi connectivity index (χ1n) is 8.19. The highest BCUT2D eigenvalue weighted by Gasteiger charge is 2.29. The fraction of sp³-hybridized carbons (Fsp3) is 0.750. The van der Waals surface area contributed by atoms with E-state index in [0.717, 1.165) is 57.6 Å². The minimum atomic E-state index is -0.173. The number of ether oxygens (including phenoxy) is 1. The van der Waals surface area contributed by atoms with Crippen LogP contribution in [0.15, 0.2) is 17.8 Å². The lowest BCUT2D eigenvalue weighted by Crippen LogP contribution is -2.49. The zero-order valence-electron chi connectivity index (χ0n) is 13.5. The Hall–Kier alpha value is -1.56. The lowest BCUT2D eigenvalue weighted by atomic mass is 9.99. The molecule has 0 saturated carbocycles. The van der Waals surface area contributed by atoms with E-state index in [1.807, 2.05) is 11.8 Å². The predicted molar refractivity (Wildman–Crippen MR) is 86.0 cm³/mol. The molecule has 6 heteroatoms. The van der Waals surface area contributed by atoms with E-state index >= 15 is 0 Å². The molecule has 0 atom stereocenters. The third kappa shape index (κ3) is 4.73. The number of hydrogen-bond acceptors (Lipinski definition) is 5. The summed E-state index contributed by atoms with van der Waals surface area (Å²) >= 11 is 0. The third-order valence-corrected chi connectivity index (χ3v) is 4.27. The molecule has 2 aliphatic heterocycles. The van der Waals surface area contributed by atoms with Crippen molar-refractivity contribution in [2.24, 2.45) is 5.16 Å². The summed E-state index contributed by atoms with van der Waals surface area (Å²) in [4.78, 5) is 21.2. The predicted octanol–water partition coefficient (Wildman–Crippen LogP) is 2.26. The molecule has 0 unspecified atom stereocenters. The minimum Gasteiger partial charge on any atom is -0.450 e. The van der Waals surface area contributed by atoms with E-state index in [0.29, 0.717) is 19.3 Å². The molecule has 2 rings (SSSR count). The first kappa shape index (κ1) is 16.8. The first-order valence-corrected chi connectivity index (χ1v) is 8.19. The van der Waals surface area contributed by atoms with Gasteiger partial charge in [0.2, 0.25) is 0 Å². The summed E-state index contributed by atoms with van der Waals surface area (Å²) < 4.78 is 5.06. The van der Waals surface area contributed by atoms with Gasteiger partial charge in [-0.3, -0.25) is 4.90 Å². The normalized spacial score (nSPS) is 20.6. The third-order valence-electron chi connectivity index (χ3n) is 4.27.